The SMILES string of the molecule is Cc1nc(C(F)F)cc(F)c1C=O. The Balaban J connectivity index is 3.28. The fraction of sp³-hybridized carbons (Fsp3) is 0.250. The molecule has 1 aromatic heterocycles. The summed E-state index contributed by atoms with van der Waals surface area (Å²) in [6.45, 7) is 1.30. The molecule has 0 aliphatic rings. The van der Waals surface area contributed by atoms with Gasteiger partial charge in [-0.05, 0) is 6.92 Å². The van der Waals surface area contributed by atoms with Crippen LogP contribution in [0.2, 0.25) is 0 Å². The first-order chi connectivity index (χ1) is 6.06. The van der Waals surface area contributed by atoms with Gasteiger partial charge in [0.25, 0.3) is 6.43 Å². The average molecular weight is 189 g/mol. The highest BCUT2D eigenvalue weighted by molar-refractivity contribution is 5.76. The Kier molecular flexibility index (Phi) is 2.65. The van der Waals surface area contributed by atoms with Crippen LogP contribution in [0.15, 0.2) is 6.07 Å². The Labute approximate surface area is 72.4 Å². The van der Waals surface area contributed by atoms with Crippen molar-refractivity contribution in [3.63, 3.8) is 0 Å². The van der Waals surface area contributed by atoms with Gasteiger partial charge in [-0.25, -0.2) is 13.2 Å². The third-order valence-electron chi connectivity index (χ3n) is 1.56. The summed E-state index contributed by atoms with van der Waals surface area (Å²) in [4.78, 5) is 13.6. The van der Waals surface area contributed by atoms with Crippen LogP contribution < -0.4 is 0 Å². The Morgan fingerprint density at radius 1 is 1.54 bits per heavy atom. The molecular weight excluding hydrogens is 183 g/mol. The number of carbonyl (C=O) groups is 1. The van der Waals surface area contributed by atoms with Crippen LogP contribution in [0, 0.1) is 12.7 Å². The second-order valence-electron chi connectivity index (χ2n) is 2.45. The van der Waals surface area contributed by atoms with Crippen molar-refractivity contribution >= 4 is 6.29 Å². The van der Waals surface area contributed by atoms with E-state index in [2.05, 4.69) is 4.98 Å². The Morgan fingerprint density at radius 3 is 2.54 bits per heavy atom. The lowest BCUT2D eigenvalue weighted by atomic mass is 10.2. The van der Waals surface area contributed by atoms with E-state index < -0.39 is 17.9 Å². The molecule has 0 aromatic carbocycles. The lowest BCUT2D eigenvalue weighted by molar-refractivity contribution is 0.111. The summed E-state index contributed by atoms with van der Waals surface area (Å²) in [6, 6.07) is 0.571. The molecule has 1 aromatic rings. The molecule has 0 spiro atoms. The Morgan fingerprint density at radius 2 is 2.15 bits per heavy atom. The number of aryl methyl sites for hydroxylation is 1. The number of nitrogens with zero attached hydrogens (tertiary/aromatic N) is 1. The van der Waals surface area contributed by atoms with Crippen molar-refractivity contribution in [1.29, 1.82) is 0 Å². The van der Waals surface area contributed by atoms with E-state index in [1.807, 2.05) is 0 Å². The second-order valence-corrected chi connectivity index (χ2v) is 2.45. The molecule has 0 fully saturated rings. The summed E-state index contributed by atoms with van der Waals surface area (Å²) in [6.07, 6.45) is -2.57. The monoisotopic (exact) mass is 189 g/mol. The second kappa shape index (κ2) is 3.55. The van der Waals surface area contributed by atoms with Gasteiger partial charge in [0.05, 0.1) is 11.3 Å². The van der Waals surface area contributed by atoms with Crippen molar-refractivity contribution in [2.75, 3.05) is 0 Å². The normalized spacial score (nSPS) is 10.5. The molecule has 0 aliphatic carbocycles. The molecule has 0 atom stereocenters. The third-order valence-corrected chi connectivity index (χ3v) is 1.56. The summed E-state index contributed by atoms with van der Waals surface area (Å²) in [5.74, 6) is -0.960. The molecule has 1 heterocycles. The van der Waals surface area contributed by atoms with E-state index >= 15 is 0 Å². The molecule has 0 saturated carbocycles. The van der Waals surface area contributed by atoms with Gasteiger partial charge in [0.2, 0.25) is 0 Å². The molecule has 0 aliphatic heterocycles. The lowest BCUT2D eigenvalue weighted by Gasteiger charge is -2.03. The first kappa shape index (κ1) is 9.70. The minimum Gasteiger partial charge on any atom is -0.298 e. The topological polar surface area (TPSA) is 30.0 Å². The van der Waals surface area contributed by atoms with E-state index in [4.69, 9.17) is 0 Å². The molecule has 70 valence electrons. The smallest absolute Gasteiger partial charge is 0.280 e. The molecule has 1 rings (SSSR count). The van der Waals surface area contributed by atoms with E-state index in [1.54, 1.807) is 0 Å². The van der Waals surface area contributed by atoms with Gasteiger partial charge in [-0.2, -0.15) is 0 Å². The lowest BCUT2D eigenvalue weighted by Crippen LogP contribution is -2.01. The zero-order valence-corrected chi connectivity index (χ0v) is 6.72. The van der Waals surface area contributed by atoms with E-state index in [1.165, 1.54) is 6.92 Å². The zero-order valence-electron chi connectivity index (χ0n) is 6.72. The zero-order chi connectivity index (χ0) is 10.0. The number of hydrogen-bond donors (Lipinski definition) is 0. The van der Waals surface area contributed by atoms with E-state index in [9.17, 15) is 18.0 Å². The van der Waals surface area contributed by atoms with Crippen LogP contribution in [-0.2, 0) is 0 Å². The molecule has 0 radical (unpaired) electrons. The van der Waals surface area contributed by atoms with Crippen LogP contribution in [-0.4, -0.2) is 11.3 Å². The predicted molar refractivity (Wildman–Crippen MR) is 39.3 cm³/mol. The van der Waals surface area contributed by atoms with Crippen LogP contribution in [0.3, 0.4) is 0 Å². The number of pyridine rings is 1. The molecule has 5 heteroatoms. The molecule has 0 saturated heterocycles. The van der Waals surface area contributed by atoms with Crippen LogP contribution in [0.1, 0.15) is 28.2 Å². The number of aldehydes is 1. The molecule has 0 amide bonds. The number of alkyl halides is 2. The van der Waals surface area contributed by atoms with E-state index in [-0.39, 0.29) is 17.5 Å². The standard InChI is InChI=1S/C8H6F3NO/c1-4-5(3-13)6(9)2-7(12-4)8(10)11/h2-3,8H,1H3. The fourth-order valence-electron chi connectivity index (χ4n) is 0.920. The molecule has 0 unspecified atom stereocenters. The number of carbonyl (C=O) groups excluding carboxylic acids is 1. The maximum atomic E-state index is 12.9. The molecule has 0 N–H and O–H groups in total. The van der Waals surface area contributed by atoms with Crippen LogP contribution in [0.5, 0.6) is 0 Å². The van der Waals surface area contributed by atoms with Crippen molar-refractivity contribution in [3.8, 4) is 0 Å². The summed E-state index contributed by atoms with van der Waals surface area (Å²) in [7, 11) is 0. The van der Waals surface area contributed by atoms with Gasteiger partial charge in [-0.15, -0.1) is 0 Å². The summed E-state index contributed by atoms with van der Waals surface area (Å²) >= 11 is 0. The van der Waals surface area contributed by atoms with Gasteiger partial charge in [-0.1, -0.05) is 0 Å². The number of aromatic nitrogens is 1. The van der Waals surface area contributed by atoms with Crippen LogP contribution >= 0.6 is 0 Å². The van der Waals surface area contributed by atoms with Crippen molar-refractivity contribution in [2.24, 2.45) is 0 Å². The summed E-state index contributed by atoms with van der Waals surface area (Å²) in [5.41, 5.74) is -0.949. The third kappa shape index (κ3) is 1.85. The van der Waals surface area contributed by atoms with Gasteiger partial charge < -0.3 is 0 Å². The van der Waals surface area contributed by atoms with Gasteiger partial charge in [-0.3, -0.25) is 9.78 Å². The quantitative estimate of drug-likeness (QED) is 0.668. The number of rotatable bonds is 2. The Hall–Kier alpha value is -1.39. The minimum absolute atomic E-state index is 0.0229. The van der Waals surface area contributed by atoms with Gasteiger partial charge in [0.15, 0.2) is 6.29 Å². The van der Waals surface area contributed by atoms with Crippen molar-refractivity contribution in [1.82, 2.24) is 4.98 Å². The maximum Gasteiger partial charge on any atom is 0.280 e. The van der Waals surface area contributed by atoms with Crippen LogP contribution in [0.4, 0.5) is 13.2 Å². The number of halogens is 3. The molecule has 0 bridgehead atoms. The highest BCUT2D eigenvalue weighted by Gasteiger charge is 2.14. The molecular formula is C8H6F3NO. The van der Waals surface area contributed by atoms with E-state index in [0.29, 0.717) is 6.07 Å². The minimum atomic E-state index is -2.83. The first-order valence-electron chi connectivity index (χ1n) is 3.46. The largest absolute Gasteiger partial charge is 0.298 e. The maximum absolute atomic E-state index is 12.9. The van der Waals surface area contributed by atoms with Crippen molar-refractivity contribution in [2.45, 2.75) is 13.3 Å². The molecule has 13 heavy (non-hydrogen) atoms. The number of hydrogen-bond acceptors (Lipinski definition) is 2. The first-order valence-corrected chi connectivity index (χ1v) is 3.46. The average Bonchev–Trinajstić information content (AvgIpc) is 2.03. The summed E-state index contributed by atoms with van der Waals surface area (Å²) in [5, 5.41) is 0. The van der Waals surface area contributed by atoms with Crippen LogP contribution in [0.25, 0.3) is 0 Å². The van der Waals surface area contributed by atoms with Gasteiger partial charge in [0.1, 0.15) is 11.5 Å². The predicted octanol–water partition coefficient (Wildman–Crippen LogP) is 2.28. The Bertz CT molecular complexity index is 315. The molecule has 2 nitrogen and oxygen atoms in total. The fourth-order valence-corrected chi connectivity index (χ4v) is 0.920. The van der Waals surface area contributed by atoms with Crippen molar-refractivity contribution < 1.29 is 18.0 Å². The highest BCUT2D eigenvalue weighted by Crippen LogP contribution is 2.19. The van der Waals surface area contributed by atoms with Crippen molar-refractivity contribution in [3.05, 3.63) is 28.8 Å². The van der Waals surface area contributed by atoms with E-state index in [0.717, 1.165) is 0 Å². The summed E-state index contributed by atoms with van der Waals surface area (Å²) < 4.78 is 37.0. The van der Waals surface area contributed by atoms with Gasteiger partial charge >= 0.3 is 0 Å². The van der Waals surface area contributed by atoms with Gasteiger partial charge in [0, 0.05) is 6.07 Å². The highest BCUT2D eigenvalue weighted by atomic mass is 19.3.